The third kappa shape index (κ3) is 4.79. The summed E-state index contributed by atoms with van der Waals surface area (Å²) in [7, 11) is 0. The highest BCUT2D eigenvalue weighted by Gasteiger charge is 2.14. The zero-order valence-electron chi connectivity index (χ0n) is 13.9. The van der Waals surface area contributed by atoms with Crippen LogP contribution in [0.1, 0.15) is 12.5 Å². The Morgan fingerprint density at radius 1 is 1.12 bits per heavy atom. The van der Waals surface area contributed by atoms with Crippen LogP contribution in [0.25, 0.3) is 10.9 Å². The number of hydrogen-bond donors (Lipinski definition) is 1. The minimum atomic E-state index is -0.249. The summed E-state index contributed by atoms with van der Waals surface area (Å²) in [6.07, 6.45) is 0.678. The van der Waals surface area contributed by atoms with Gasteiger partial charge in [-0.2, -0.15) is 0 Å². The summed E-state index contributed by atoms with van der Waals surface area (Å²) in [5, 5.41) is 4.61. The van der Waals surface area contributed by atoms with Crippen LogP contribution in [0.15, 0.2) is 65.7 Å². The molecule has 0 aliphatic heterocycles. The van der Waals surface area contributed by atoms with Crippen LogP contribution in [0, 0.1) is 5.82 Å². The summed E-state index contributed by atoms with van der Waals surface area (Å²) in [6.45, 7) is 2.40. The molecule has 1 aromatic heterocycles. The number of aromatic nitrogens is 1. The minimum Gasteiger partial charge on any atom is -0.355 e. The quantitative estimate of drug-likeness (QED) is 0.674. The molecule has 1 amide bonds. The summed E-state index contributed by atoms with van der Waals surface area (Å²) in [6, 6.07) is 18.2. The molecule has 3 nitrogen and oxygen atoms in total. The van der Waals surface area contributed by atoms with Crippen LogP contribution < -0.4 is 5.32 Å². The molecule has 25 heavy (non-hydrogen) atoms. The van der Waals surface area contributed by atoms with Gasteiger partial charge in [-0.3, -0.25) is 4.79 Å². The van der Waals surface area contributed by atoms with E-state index < -0.39 is 0 Å². The molecule has 0 bridgehead atoms. The molecule has 0 radical (unpaired) electrons. The van der Waals surface area contributed by atoms with Gasteiger partial charge >= 0.3 is 0 Å². The molecule has 3 rings (SSSR count). The molecule has 5 heteroatoms. The number of halogens is 1. The van der Waals surface area contributed by atoms with Crippen molar-refractivity contribution in [2.24, 2.45) is 0 Å². The van der Waals surface area contributed by atoms with Gasteiger partial charge in [-0.1, -0.05) is 48.2 Å². The summed E-state index contributed by atoms with van der Waals surface area (Å²) in [4.78, 5) is 16.8. The van der Waals surface area contributed by atoms with Crippen LogP contribution in [0.4, 0.5) is 4.39 Å². The van der Waals surface area contributed by atoms with Gasteiger partial charge in [-0.05, 0) is 43.2 Å². The lowest BCUT2D eigenvalue weighted by atomic mass is 10.1. The minimum absolute atomic E-state index is 0.0259. The molecule has 2 aromatic carbocycles. The SMILES string of the molecule is C[C@@H](Sc1ccc2ccccc2n1)C(=O)NCCc1ccc(F)cc1. The molecule has 0 aliphatic rings. The number of nitrogens with one attached hydrogen (secondary N) is 1. The maximum atomic E-state index is 12.9. The van der Waals surface area contributed by atoms with E-state index in [1.165, 1.54) is 23.9 Å². The van der Waals surface area contributed by atoms with Crippen LogP contribution in [-0.4, -0.2) is 22.7 Å². The highest BCUT2D eigenvalue weighted by atomic mass is 32.2. The first-order valence-electron chi connectivity index (χ1n) is 8.16. The van der Waals surface area contributed by atoms with Gasteiger partial charge in [0.25, 0.3) is 0 Å². The fraction of sp³-hybridized carbons (Fsp3) is 0.200. The summed E-state index contributed by atoms with van der Waals surface area (Å²) in [5.74, 6) is -0.275. The van der Waals surface area contributed by atoms with Crippen LogP contribution >= 0.6 is 11.8 Å². The molecule has 3 aromatic rings. The molecule has 0 saturated carbocycles. The van der Waals surface area contributed by atoms with Crippen molar-refractivity contribution in [1.29, 1.82) is 0 Å². The number of amides is 1. The van der Waals surface area contributed by atoms with Crippen molar-refractivity contribution in [2.45, 2.75) is 23.6 Å². The Balaban J connectivity index is 1.52. The Morgan fingerprint density at radius 2 is 1.88 bits per heavy atom. The largest absolute Gasteiger partial charge is 0.355 e. The standard InChI is InChI=1S/C20H19FN2OS/c1-14(20(24)22-13-12-15-6-9-17(21)10-7-15)25-19-11-8-16-4-2-3-5-18(16)23-19/h2-11,14H,12-13H2,1H3,(H,22,24)/t14-/m1/s1. The molecular weight excluding hydrogens is 335 g/mol. The van der Waals surface area contributed by atoms with Gasteiger partial charge < -0.3 is 5.32 Å². The average Bonchev–Trinajstić information content (AvgIpc) is 2.63. The third-order valence-electron chi connectivity index (χ3n) is 3.87. The highest BCUT2D eigenvalue weighted by Crippen LogP contribution is 2.23. The number of thioether (sulfide) groups is 1. The normalized spacial score (nSPS) is 12.1. The van der Waals surface area contributed by atoms with Gasteiger partial charge in [0, 0.05) is 11.9 Å². The van der Waals surface area contributed by atoms with Crippen molar-refractivity contribution in [3.63, 3.8) is 0 Å². The van der Waals surface area contributed by atoms with E-state index in [0.29, 0.717) is 13.0 Å². The fourth-order valence-electron chi connectivity index (χ4n) is 2.47. The molecule has 0 saturated heterocycles. The average molecular weight is 354 g/mol. The predicted molar refractivity (Wildman–Crippen MR) is 100 cm³/mol. The Labute approximate surface area is 150 Å². The molecule has 0 unspecified atom stereocenters. The van der Waals surface area contributed by atoms with Crippen LogP contribution in [0.5, 0.6) is 0 Å². The maximum Gasteiger partial charge on any atom is 0.233 e. The molecule has 0 aliphatic carbocycles. The second-order valence-corrected chi connectivity index (χ2v) is 7.13. The third-order valence-corrected chi connectivity index (χ3v) is 4.90. The first kappa shape index (κ1) is 17.4. The Hall–Kier alpha value is -2.40. The number of para-hydroxylation sites is 1. The van der Waals surface area contributed by atoms with Gasteiger partial charge in [0.1, 0.15) is 5.82 Å². The Bertz CT molecular complexity index is 867. The van der Waals surface area contributed by atoms with Crippen molar-refractivity contribution in [1.82, 2.24) is 10.3 Å². The van der Waals surface area contributed by atoms with E-state index in [-0.39, 0.29) is 17.0 Å². The second kappa shape index (κ2) is 8.12. The number of nitrogens with zero attached hydrogens (tertiary/aromatic N) is 1. The number of carbonyl (C=O) groups excluding carboxylic acids is 1. The molecule has 1 heterocycles. The van der Waals surface area contributed by atoms with Crippen molar-refractivity contribution < 1.29 is 9.18 Å². The van der Waals surface area contributed by atoms with Crippen molar-refractivity contribution >= 4 is 28.6 Å². The molecular formula is C20H19FN2OS. The van der Waals surface area contributed by atoms with Gasteiger partial charge in [-0.25, -0.2) is 9.37 Å². The van der Waals surface area contributed by atoms with E-state index in [1.54, 1.807) is 12.1 Å². The van der Waals surface area contributed by atoms with Crippen LogP contribution in [-0.2, 0) is 11.2 Å². The summed E-state index contributed by atoms with van der Waals surface area (Å²) >= 11 is 1.44. The zero-order valence-corrected chi connectivity index (χ0v) is 14.7. The Morgan fingerprint density at radius 3 is 2.68 bits per heavy atom. The lowest BCUT2D eigenvalue weighted by molar-refractivity contribution is -0.120. The van der Waals surface area contributed by atoms with E-state index in [2.05, 4.69) is 10.3 Å². The van der Waals surface area contributed by atoms with Crippen molar-refractivity contribution in [3.05, 3.63) is 72.0 Å². The topological polar surface area (TPSA) is 42.0 Å². The Kier molecular flexibility index (Phi) is 5.66. The summed E-state index contributed by atoms with van der Waals surface area (Å²) < 4.78 is 12.9. The molecule has 0 fully saturated rings. The first-order valence-corrected chi connectivity index (χ1v) is 9.04. The van der Waals surface area contributed by atoms with Gasteiger partial charge in [0.2, 0.25) is 5.91 Å². The number of carbonyl (C=O) groups is 1. The van der Waals surface area contributed by atoms with Crippen LogP contribution in [0.2, 0.25) is 0 Å². The molecule has 128 valence electrons. The van der Waals surface area contributed by atoms with E-state index in [1.807, 2.05) is 43.3 Å². The second-order valence-electron chi connectivity index (χ2n) is 5.77. The number of fused-ring (bicyclic) bond motifs is 1. The fourth-order valence-corrected chi connectivity index (χ4v) is 3.32. The number of hydrogen-bond acceptors (Lipinski definition) is 3. The smallest absolute Gasteiger partial charge is 0.233 e. The van der Waals surface area contributed by atoms with Gasteiger partial charge in [0.15, 0.2) is 0 Å². The van der Waals surface area contributed by atoms with Crippen molar-refractivity contribution in [3.8, 4) is 0 Å². The molecule has 1 N–H and O–H groups in total. The van der Waals surface area contributed by atoms with Crippen molar-refractivity contribution in [2.75, 3.05) is 6.54 Å². The maximum absolute atomic E-state index is 12.9. The van der Waals surface area contributed by atoms with Gasteiger partial charge in [-0.15, -0.1) is 0 Å². The lowest BCUT2D eigenvalue weighted by Crippen LogP contribution is -2.32. The van der Waals surface area contributed by atoms with Crippen LogP contribution in [0.3, 0.4) is 0 Å². The lowest BCUT2D eigenvalue weighted by Gasteiger charge is -2.12. The number of pyridine rings is 1. The van der Waals surface area contributed by atoms with E-state index in [0.717, 1.165) is 21.5 Å². The first-order chi connectivity index (χ1) is 12.1. The summed E-state index contributed by atoms with van der Waals surface area (Å²) in [5.41, 5.74) is 1.93. The van der Waals surface area contributed by atoms with E-state index >= 15 is 0 Å². The zero-order chi connectivity index (χ0) is 17.6. The van der Waals surface area contributed by atoms with Gasteiger partial charge in [0.05, 0.1) is 15.8 Å². The number of benzene rings is 2. The van der Waals surface area contributed by atoms with E-state index in [9.17, 15) is 9.18 Å². The molecule has 1 atom stereocenters. The molecule has 0 spiro atoms. The monoisotopic (exact) mass is 354 g/mol. The number of rotatable bonds is 6. The highest BCUT2D eigenvalue weighted by molar-refractivity contribution is 8.00. The van der Waals surface area contributed by atoms with E-state index in [4.69, 9.17) is 0 Å². The predicted octanol–water partition coefficient (Wildman–Crippen LogP) is 4.21.